The number of benzene rings is 1. The van der Waals surface area contributed by atoms with Crippen molar-refractivity contribution < 1.29 is 24.2 Å². The number of aliphatic hydroxyl groups is 1. The SMILES string of the molecule is COC(=O)N1c2ccc(-c3cnn(C(C)(C)CO)c3)cc2N(C(=O)Oc2cccnc2)C[C@@H]1C. The van der Waals surface area contributed by atoms with E-state index in [1.54, 1.807) is 35.3 Å². The van der Waals surface area contributed by atoms with E-state index >= 15 is 0 Å². The van der Waals surface area contributed by atoms with Crippen LogP contribution in [0.25, 0.3) is 11.1 Å². The first kappa shape index (κ1) is 23.2. The summed E-state index contributed by atoms with van der Waals surface area (Å²) in [6.07, 6.45) is 5.48. The molecule has 0 saturated carbocycles. The number of aliphatic hydroxyl groups excluding tert-OH is 1. The molecule has 34 heavy (non-hydrogen) atoms. The number of hydrogen-bond donors (Lipinski definition) is 1. The highest BCUT2D eigenvalue weighted by Crippen LogP contribution is 2.39. The van der Waals surface area contributed by atoms with E-state index in [0.717, 1.165) is 11.1 Å². The summed E-state index contributed by atoms with van der Waals surface area (Å²) in [6, 6.07) is 8.42. The Morgan fingerprint density at radius 3 is 2.62 bits per heavy atom. The van der Waals surface area contributed by atoms with Gasteiger partial charge in [0, 0.05) is 18.0 Å². The van der Waals surface area contributed by atoms with Crippen molar-refractivity contribution in [2.24, 2.45) is 0 Å². The molecule has 0 radical (unpaired) electrons. The molecule has 0 fully saturated rings. The van der Waals surface area contributed by atoms with Crippen LogP contribution < -0.4 is 14.5 Å². The van der Waals surface area contributed by atoms with Crippen molar-refractivity contribution in [2.45, 2.75) is 32.4 Å². The Balaban J connectivity index is 1.75. The third kappa shape index (κ3) is 4.32. The quantitative estimate of drug-likeness (QED) is 0.626. The van der Waals surface area contributed by atoms with Crippen LogP contribution in [-0.2, 0) is 10.3 Å². The monoisotopic (exact) mass is 465 g/mol. The summed E-state index contributed by atoms with van der Waals surface area (Å²) >= 11 is 0. The van der Waals surface area contributed by atoms with E-state index in [9.17, 15) is 14.7 Å². The van der Waals surface area contributed by atoms with Crippen LogP contribution in [0.5, 0.6) is 5.75 Å². The molecule has 4 rings (SSSR count). The predicted octanol–water partition coefficient (Wildman–Crippen LogP) is 3.65. The fourth-order valence-electron chi connectivity index (χ4n) is 3.79. The number of ether oxygens (including phenoxy) is 2. The van der Waals surface area contributed by atoms with E-state index in [4.69, 9.17) is 9.47 Å². The van der Waals surface area contributed by atoms with Gasteiger partial charge in [-0.1, -0.05) is 6.07 Å². The van der Waals surface area contributed by atoms with Crippen LogP contribution in [0, 0.1) is 0 Å². The van der Waals surface area contributed by atoms with Gasteiger partial charge < -0.3 is 14.6 Å². The Kier molecular flexibility index (Phi) is 6.25. The number of carbonyl (C=O) groups excluding carboxylic acids is 2. The molecular weight excluding hydrogens is 438 g/mol. The molecular formula is C24H27N5O5. The Morgan fingerprint density at radius 2 is 1.94 bits per heavy atom. The molecule has 3 aromatic rings. The van der Waals surface area contributed by atoms with Gasteiger partial charge in [-0.05, 0) is 50.6 Å². The molecule has 1 N–H and O–H groups in total. The van der Waals surface area contributed by atoms with E-state index in [2.05, 4.69) is 10.1 Å². The summed E-state index contributed by atoms with van der Waals surface area (Å²) in [5.41, 5.74) is 2.05. The molecule has 10 heteroatoms. The number of aromatic nitrogens is 3. The third-order valence-electron chi connectivity index (χ3n) is 5.77. The molecule has 3 heterocycles. The fraction of sp³-hybridized carbons (Fsp3) is 0.333. The Morgan fingerprint density at radius 1 is 1.15 bits per heavy atom. The largest absolute Gasteiger partial charge is 0.452 e. The number of rotatable bonds is 4. The van der Waals surface area contributed by atoms with Crippen LogP contribution in [0.15, 0.2) is 55.1 Å². The Hall–Kier alpha value is -3.92. The van der Waals surface area contributed by atoms with Crippen LogP contribution >= 0.6 is 0 Å². The highest BCUT2D eigenvalue weighted by atomic mass is 16.6. The topological polar surface area (TPSA) is 110 Å². The van der Waals surface area contributed by atoms with Gasteiger partial charge in [-0.3, -0.25) is 19.5 Å². The molecule has 0 bridgehead atoms. The summed E-state index contributed by atoms with van der Waals surface area (Å²) in [6.45, 7) is 5.73. The van der Waals surface area contributed by atoms with Crippen molar-refractivity contribution in [1.29, 1.82) is 0 Å². The van der Waals surface area contributed by atoms with Crippen molar-refractivity contribution in [2.75, 3.05) is 30.1 Å². The maximum Gasteiger partial charge on any atom is 0.419 e. The number of methoxy groups -OCH3 is 1. The zero-order chi connectivity index (χ0) is 24.5. The molecule has 1 aromatic carbocycles. The molecule has 10 nitrogen and oxygen atoms in total. The van der Waals surface area contributed by atoms with Crippen LogP contribution in [0.3, 0.4) is 0 Å². The van der Waals surface area contributed by atoms with Gasteiger partial charge >= 0.3 is 12.2 Å². The zero-order valence-corrected chi connectivity index (χ0v) is 19.5. The second kappa shape index (κ2) is 9.14. The minimum atomic E-state index is -0.583. The summed E-state index contributed by atoms with van der Waals surface area (Å²) in [5.74, 6) is 0.320. The first-order chi connectivity index (χ1) is 16.2. The predicted molar refractivity (Wildman–Crippen MR) is 126 cm³/mol. The minimum absolute atomic E-state index is 0.0712. The Labute approximate surface area is 197 Å². The maximum absolute atomic E-state index is 13.1. The molecule has 0 spiro atoms. The number of nitrogens with zero attached hydrogens (tertiary/aromatic N) is 5. The van der Waals surface area contributed by atoms with Crippen molar-refractivity contribution in [1.82, 2.24) is 14.8 Å². The highest BCUT2D eigenvalue weighted by Gasteiger charge is 2.36. The average Bonchev–Trinajstić information content (AvgIpc) is 3.35. The lowest BCUT2D eigenvalue weighted by atomic mass is 10.0. The van der Waals surface area contributed by atoms with Crippen molar-refractivity contribution in [3.05, 3.63) is 55.1 Å². The lowest BCUT2D eigenvalue weighted by molar-refractivity contribution is 0.152. The van der Waals surface area contributed by atoms with Gasteiger partial charge in [0.25, 0.3) is 0 Å². The van der Waals surface area contributed by atoms with Crippen molar-refractivity contribution in [3.63, 3.8) is 0 Å². The molecule has 0 saturated heterocycles. The minimum Gasteiger partial charge on any atom is -0.452 e. The zero-order valence-electron chi connectivity index (χ0n) is 19.5. The molecule has 1 atom stereocenters. The van der Waals surface area contributed by atoms with Gasteiger partial charge in [-0.25, -0.2) is 9.59 Å². The van der Waals surface area contributed by atoms with Crippen molar-refractivity contribution >= 4 is 23.6 Å². The maximum atomic E-state index is 13.1. The third-order valence-corrected chi connectivity index (χ3v) is 5.77. The van der Waals surface area contributed by atoms with Gasteiger partial charge in [0.2, 0.25) is 0 Å². The van der Waals surface area contributed by atoms with Crippen molar-refractivity contribution in [3.8, 4) is 16.9 Å². The lowest BCUT2D eigenvalue weighted by Gasteiger charge is -2.39. The number of fused-ring (bicyclic) bond motifs is 1. The Bertz CT molecular complexity index is 1190. The lowest BCUT2D eigenvalue weighted by Crippen LogP contribution is -2.52. The molecule has 1 aliphatic heterocycles. The number of anilines is 2. The fourth-order valence-corrected chi connectivity index (χ4v) is 3.79. The smallest absolute Gasteiger partial charge is 0.419 e. The summed E-state index contributed by atoms with van der Waals surface area (Å²) in [4.78, 5) is 32.7. The standard InChI is InChI=1S/C24H27N5O5/c1-16-13-27(22(31)34-19-6-5-9-25-12-19)21-10-17(7-8-20(21)29(16)23(32)33-4)18-11-26-28(14-18)24(2,3)15-30/h5-12,14,16,30H,13,15H2,1-4H3/t16-/m0/s1. The van der Waals surface area contributed by atoms with Gasteiger partial charge in [-0.2, -0.15) is 5.10 Å². The van der Waals surface area contributed by atoms with Gasteiger partial charge in [0.1, 0.15) is 0 Å². The average molecular weight is 466 g/mol. The van der Waals surface area contributed by atoms with Gasteiger partial charge in [-0.15, -0.1) is 0 Å². The van der Waals surface area contributed by atoms with Crippen LogP contribution in [0.2, 0.25) is 0 Å². The molecule has 178 valence electrons. The normalized spacial score (nSPS) is 15.6. The van der Waals surface area contributed by atoms with Gasteiger partial charge in [0.05, 0.1) is 55.6 Å². The van der Waals surface area contributed by atoms with Crippen LogP contribution in [-0.4, -0.2) is 58.4 Å². The van der Waals surface area contributed by atoms with E-state index < -0.39 is 17.7 Å². The summed E-state index contributed by atoms with van der Waals surface area (Å²) < 4.78 is 12.2. The second-order valence-corrected chi connectivity index (χ2v) is 8.70. The number of amides is 2. The molecule has 2 amide bonds. The highest BCUT2D eigenvalue weighted by molar-refractivity contribution is 6.02. The number of pyridine rings is 1. The van der Waals surface area contributed by atoms with Crippen LogP contribution in [0.1, 0.15) is 20.8 Å². The van der Waals surface area contributed by atoms with E-state index in [1.165, 1.54) is 23.1 Å². The van der Waals surface area contributed by atoms with E-state index in [-0.39, 0.29) is 19.2 Å². The first-order valence-electron chi connectivity index (χ1n) is 10.8. The summed E-state index contributed by atoms with van der Waals surface area (Å²) in [7, 11) is 1.32. The van der Waals surface area contributed by atoms with E-state index in [1.807, 2.05) is 39.1 Å². The van der Waals surface area contributed by atoms with Gasteiger partial charge in [0.15, 0.2) is 5.75 Å². The number of hydrogen-bond acceptors (Lipinski definition) is 7. The van der Waals surface area contributed by atoms with Crippen LogP contribution in [0.4, 0.5) is 21.0 Å². The molecule has 1 aliphatic rings. The number of carbonyl (C=O) groups is 2. The molecule has 0 aliphatic carbocycles. The van der Waals surface area contributed by atoms with E-state index in [0.29, 0.717) is 17.1 Å². The first-order valence-corrected chi connectivity index (χ1v) is 10.8. The summed E-state index contributed by atoms with van der Waals surface area (Å²) in [5, 5.41) is 14.0. The molecule has 2 aromatic heterocycles. The second-order valence-electron chi connectivity index (χ2n) is 8.70. The molecule has 0 unspecified atom stereocenters.